The first-order valence-corrected chi connectivity index (χ1v) is 6.42. The maximum atomic E-state index is 5.78. The molecule has 1 aromatic carbocycles. The van der Waals surface area contributed by atoms with Gasteiger partial charge in [-0.3, -0.25) is 0 Å². The molecule has 18 heavy (non-hydrogen) atoms. The molecule has 0 saturated heterocycles. The van der Waals surface area contributed by atoms with E-state index in [0.717, 1.165) is 37.9 Å². The van der Waals surface area contributed by atoms with Crippen molar-refractivity contribution in [2.45, 2.75) is 13.8 Å². The summed E-state index contributed by atoms with van der Waals surface area (Å²) in [6.07, 6.45) is 0. The van der Waals surface area contributed by atoms with Crippen LogP contribution in [0.5, 0.6) is 0 Å². The summed E-state index contributed by atoms with van der Waals surface area (Å²) < 4.78 is 1.10. The number of fused-ring (bicyclic) bond motifs is 1. The lowest BCUT2D eigenvalue weighted by Gasteiger charge is -2.00. The van der Waals surface area contributed by atoms with Gasteiger partial charge in [0.05, 0.1) is 21.6 Å². The number of hydrogen-bond donors (Lipinski definition) is 1. The van der Waals surface area contributed by atoms with Crippen LogP contribution in [0.3, 0.4) is 0 Å². The number of nitrogens with zero attached hydrogens (tertiary/aromatic N) is 3. The van der Waals surface area contributed by atoms with Crippen molar-refractivity contribution in [2.24, 2.45) is 0 Å². The maximum absolute atomic E-state index is 5.78. The van der Waals surface area contributed by atoms with Gasteiger partial charge in [-0.25, -0.2) is 4.98 Å². The van der Waals surface area contributed by atoms with Crippen LogP contribution in [0.4, 0.5) is 5.69 Å². The van der Waals surface area contributed by atoms with Crippen molar-refractivity contribution < 1.29 is 0 Å². The Balaban J connectivity index is 2.22. The van der Waals surface area contributed by atoms with Gasteiger partial charge in [-0.05, 0) is 38.1 Å². The molecule has 0 amide bonds. The molecule has 0 bridgehead atoms. The third-order valence-electron chi connectivity index (χ3n) is 2.74. The summed E-state index contributed by atoms with van der Waals surface area (Å²) in [4.78, 5) is 4.62. The average Bonchev–Trinajstić information content (AvgIpc) is 2.74. The molecule has 0 aliphatic carbocycles. The molecular weight excluding hydrogens is 244 g/mol. The molecule has 3 rings (SSSR count). The number of thiazole rings is 1. The molecule has 4 nitrogen and oxygen atoms in total. The van der Waals surface area contributed by atoms with Crippen LogP contribution < -0.4 is 5.73 Å². The summed E-state index contributed by atoms with van der Waals surface area (Å²) in [6, 6.07) is 7.78. The number of aromatic nitrogens is 3. The minimum Gasteiger partial charge on any atom is -0.399 e. The van der Waals surface area contributed by atoms with Crippen LogP contribution in [0.2, 0.25) is 0 Å². The summed E-state index contributed by atoms with van der Waals surface area (Å²) in [7, 11) is 0. The molecule has 2 N–H and O–H groups in total. The highest BCUT2D eigenvalue weighted by Crippen LogP contribution is 2.32. The number of anilines is 1. The second-order valence-electron chi connectivity index (χ2n) is 4.23. The fraction of sp³-hybridized carbons (Fsp3) is 0.154. The van der Waals surface area contributed by atoms with Gasteiger partial charge in [0.25, 0.3) is 0 Å². The van der Waals surface area contributed by atoms with Crippen molar-refractivity contribution in [3.63, 3.8) is 0 Å². The highest BCUT2D eigenvalue weighted by atomic mass is 32.1. The predicted octanol–water partition coefficient (Wildman–Crippen LogP) is 2.95. The van der Waals surface area contributed by atoms with Gasteiger partial charge in [0.1, 0.15) is 5.01 Å². The number of nitrogen functional groups attached to an aromatic ring is 1. The molecule has 90 valence electrons. The largest absolute Gasteiger partial charge is 0.399 e. The topological polar surface area (TPSA) is 64.7 Å². The predicted molar refractivity (Wildman–Crippen MR) is 74.5 cm³/mol. The Morgan fingerprint density at radius 3 is 2.78 bits per heavy atom. The van der Waals surface area contributed by atoms with E-state index < -0.39 is 0 Å². The molecule has 2 heterocycles. The van der Waals surface area contributed by atoms with Crippen LogP contribution >= 0.6 is 11.3 Å². The summed E-state index contributed by atoms with van der Waals surface area (Å²) in [5.74, 6) is 0. The summed E-state index contributed by atoms with van der Waals surface area (Å²) in [6.45, 7) is 3.88. The van der Waals surface area contributed by atoms with Gasteiger partial charge in [-0.1, -0.05) is 0 Å². The third-order valence-corrected chi connectivity index (χ3v) is 3.80. The van der Waals surface area contributed by atoms with E-state index in [1.54, 1.807) is 11.3 Å². The number of rotatable bonds is 1. The number of hydrogen-bond acceptors (Lipinski definition) is 5. The zero-order valence-electron chi connectivity index (χ0n) is 10.1. The Bertz CT molecular complexity index is 733. The van der Waals surface area contributed by atoms with Crippen molar-refractivity contribution in [1.82, 2.24) is 15.2 Å². The van der Waals surface area contributed by atoms with E-state index in [9.17, 15) is 0 Å². The van der Waals surface area contributed by atoms with Gasteiger partial charge in [-0.2, -0.15) is 10.2 Å². The smallest absolute Gasteiger partial charge is 0.126 e. The number of benzene rings is 1. The summed E-state index contributed by atoms with van der Waals surface area (Å²) in [5, 5.41) is 9.14. The van der Waals surface area contributed by atoms with Gasteiger partial charge in [0.2, 0.25) is 0 Å². The lowest BCUT2D eigenvalue weighted by molar-refractivity contribution is 0.943. The van der Waals surface area contributed by atoms with E-state index in [4.69, 9.17) is 5.73 Å². The molecule has 0 atom stereocenters. The van der Waals surface area contributed by atoms with Gasteiger partial charge < -0.3 is 5.73 Å². The minimum atomic E-state index is 0.762. The molecule has 0 spiro atoms. The third kappa shape index (κ3) is 1.82. The summed E-state index contributed by atoms with van der Waals surface area (Å²) >= 11 is 1.63. The van der Waals surface area contributed by atoms with Gasteiger partial charge in [0, 0.05) is 11.3 Å². The first-order valence-electron chi connectivity index (χ1n) is 5.61. The van der Waals surface area contributed by atoms with Crippen LogP contribution in [0.15, 0.2) is 24.3 Å². The highest BCUT2D eigenvalue weighted by Gasteiger charge is 2.10. The number of nitrogens with two attached hydrogens (primary N) is 1. The van der Waals surface area contributed by atoms with Crippen LogP contribution in [-0.2, 0) is 0 Å². The Hall–Kier alpha value is -2.01. The van der Waals surface area contributed by atoms with Gasteiger partial charge in [-0.15, -0.1) is 11.3 Å². The van der Waals surface area contributed by atoms with E-state index in [0.29, 0.717) is 0 Å². The molecule has 0 unspecified atom stereocenters. The zero-order valence-corrected chi connectivity index (χ0v) is 11.0. The molecule has 0 radical (unpaired) electrons. The normalized spacial score (nSPS) is 11.0. The summed E-state index contributed by atoms with van der Waals surface area (Å²) in [5.41, 5.74) is 10.4. The Kier molecular flexibility index (Phi) is 2.48. The lowest BCUT2D eigenvalue weighted by Crippen LogP contribution is -1.93. The molecule has 0 saturated carbocycles. The standard InChI is InChI=1S/C13H12N4S/c1-7-5-10(8(2)17-16-7)13-15-11-4-3-9(14)6-12(11)18-13/h3-6H,14H2,1-2H3. The quantitative estimate of drug-likeness (QED) is 0.680. The van der Waals surface area contributed by atoms with E-state index in [1.165, 1.54) is 0 Å². The van der Waals surface area contributed by atoms with Crippen LogP contribution in [0.25, 0.3) is 20.8 Å². The zero-order chi connectivity index (χ0) is 12.7. The Labute approximate surface area is 109 Å². The van der Waals surface area contributed by atoms with E-state index in [1.807, 2.05) is 38.1 Å². The molecule has 3 aromatic rings. The maximum Gasteiger partial charge on any atom is 0.126 e. The highest BCUT2D eigenvalue weighted by molar-refractivity contribution is 7.21. The van der Waals surface area contributed by atoms with E-state index in [-0.39, 0.29) is 0 Å². The number of aryl methyl sites for hydroxylation is 2. The Morgan fingerprint density at radius 2 is 1.94 bits per heavy atom. The molecule has 0 aliphatic heterocycles. The second-order valence-corrected chi connectivity index (χ2v) is 5.26. The lowest BCUT2D eigenvalue weighted by atomic mass is 10.2. The van der Waals surface area contributed by atoms with Crippen molar-refractivity contribution in [3.8, 4) is 10.6 Å². The molecule has 5 heteroatoms. The fourth-order valence-electron chi connectivity index (χ4n) is 1.82. The van der Waals surface area contributed by atoms with Gasteiger partial charge >= 0.3 is 0 Å². The van der Waals surface area contributed by atoms with Crippen LogP contribution in [-0.4, -0.2) is 15.2 Å². The van der Waals surface area contributed by atoms with Gasteiger partial charge in [0.15, 0.2) is 0 Å². The minimum absolute atomic E-state index is 0.762. The van der Waals surface area contributed by atoms with Crippen molar-refractivity contribution in [1.29, 1.82) is 0 Å². The SMILES string of the molecule is Cc1cc(-c2nc3ccc(N)cc3s2)c(C)nn1. The molecular formula is C13H12N4S. The fourth-order valence-corrected chi connectivity index (χ4v) is 2.90. The first-order chi connectivity index (χ1) is 8.63. The van der Waals surface area contributed by atoms with Crippen molar-refractivity contribution >= 4 is 27.2 Å². The first kappa shape index (κ1) is 11.1. The average molecular weight is 256 g/mol. The molecule has 2 aromatic heterocycles. The molecule has 0 fully saturated rings. The van der Waals surface area contributed by atoms with E-state index in [2.05, 4.69) is 15.2 Å². The van der Waals surface area contributed by atoms with Crippen molar-refractivity contribution in [2.75, 3.05) is 5.73 Å². The second kappa shape index (κ2) is 4.03. The monoisotopic (exact) mass is 256 g/mol. The van der Waals surface area contributed by atoms with Crippen LogP contribution in [0, 0.1) is 13.8 Å². The van der Waals surface area contributed by atoms with Crippen LogP contribution in [0.1, 0.15) is 11.4 Å². The Morgan fingerprint density at radius 1 is 1.11 bits per heavy atom. The van der Waals surface area contributed by atoms with E-state index >= 15 is 0 Å². The molecule has 0 aliphatic rings. The van der Waals surface area contributed by atoms with Crippen molar-refractivity contribution in [3.05, 3.63) is 35.7 Å².